The van der Waals surface area contributed by atoms with Crippen molar-refractivity contribution < 1.29 is 0 Å². The van der Waals surface area contributed by atoms with E-state index in [0.717, 1.165) is 29.7 Å². The second-order valence-corrected chi connectivity index (χ2v) is 7.76. The number of hydrogen-bond donors (Lipinski definition) is 1. The van der Waals surface area contributed by atoms with E-state index in [9.17, 15) is 0 Å². The van der Waals surface area contributed by atoms with Crippen LogP contribution in [0.4, 0.5) is 0 Å². The van der Waals surface area contributed by atoms with Gasteiger partial charge in [-0.1, -0.05) is 29.8 Å². The van der Waals surface area contributed by atoms with Crippen molar-refractivity contribution >= 4 is 0 Å². The number of rotatable bonds is 3. The molecular formula is C19H27N. The molecule has 20 heavy (non-hydrogen) atoms. The minimum atomic E-state index is 0.498. The third kappa shape index (κ3) is 2.20. The molecule has 0 spiro atoms. The quantitative estimate of drug-likeness (QED) is 0.853. The molecule has 4 fully saturated rings. The van der Waals surface area contributed by atoms with Crippen molar-refractivity contribution in [3.05, 3.63) is 35.4 Å². The lowest BCUT2D eigenvalue weighted by molar-refractivity contribution is -0.0171. The van der Waals surface area contributed by atoms with Crippen LogP contribution in [0.15, 0.2) is 24.3 Å². The van der Waals surface area contributed by atoms with Gasteiger partial charge in [-0.05, 0) is 75.2 Å². The number of nitrogens with one attached hydrogen (secondary N) is 1. The maximum Gasteiger partial charge on any atom is 0.0294 e. The molecule has 0 saturated heterocycles. The van der Waals surface area contributed by atoms with E-state index < -0.39 is 0 Å². The topological polar surface area (TPSA) is 12.0 Å². The molecule has 1 nitrogen and oxygen atoms in total. The smallest absolute Gasteiger partial charge is 0.0294 e. The van der Waals surface area contributed by atoms with Crippen molar-refractivity contribution in [1.82, 2.24) is 5.32 Å². The first-order valence-electron chi connectivity index (χ1n) is 8.51. The lowest BCUT2D eigenvalue weighted by Crippen LogP contribution is -2.54. The highest BCUT2D eigenvalue weighted by molar-refractivity contribution is 5.25. The van der Waals surface area contributed by atoms with Gasteiger partial charge in [-0.2, -0.15) is 0 Å². The van der Waals surface area contributed by atoms with Gasteiger partial charge >= 0.3 is 0 Å². The average molecular weight is 269 g/mol. The average Bonchev–Trinajstić information content (AvgIpc) is 2.42. The van der Waals surface area contributed by atoms with Gasteiger partial charge in [0.2, 0.25) is 0 Å². The summed E-state index contributed by atoms with van der Waals surface area (Å²) in [6.07, 6.45) is 7.57. The SMILES string of the molecule is Cc1cccc([C@@H](C)NC2C3CC4CC(C3)CC2C4)c1. The lowest BCUT2D eigenvalue weighted by atomic mass is 9.54. The van der Waals surface area contributed by atoms with E-state index in [4.69, 9.17) is 0 Å². The minimum Gasteiger partial charge on any atom is -0.307 e. The number of hydrogen-bond acceptors (Lipinski definition) is 1. The number of benzene rings is 1. The van der Waals surface area contributed by atoms with Crippen LogP contribution >= 0.6 is 0 Å². The molecule has 4 aliphatic rings. The summed E-state index contributed by atoms with van der Waals surface area (Å²) in [5.41, 5.74) is 2.83. The Morgan fingerprint density at radius 3 is 2.25 bits per heavy atom. The molecule has 1 atom stereocenters. The van der Waals surface area contributed by atoms with Crippen molar-refractivity contribution in [2.45, 2.75) is 58.0 Å². The summed E-state index contributed by atoms with van der Waals surface area (Å²) in [6, 6.07) is 10.3. The van der Waals surface area contributed by atoms with E-state index in [0.29, 0.717) is 6.04 Å². The summed E-state index contributed by atoms with van der Waals surface area (Å²) in [4.78, 5) is 0. The lowest BCUT2D eigenvalue weighted by Gasteiger charge is -2.55. The zero-order valence-electron chi connectivity index (χ0n) is 12.8. The Balaban J connectivity index is 1.49. The molecular weight excluding hydrogens is 242 g/mol. The van der Waals surface area contributed by atoms with Crippen LogP contribution < -0.4 is 5.32 Å². The molecule has 108 valence electrons. The van der Waals surface area contributed by atoms with E-state index in [-0.39, 0.29) is 0 Å². The molecule has 0 aromatic heterocycles. The fraction of sp³-hybridized carbons (Fsp3) is 0.684. The van der Waals surface area contributed by atoms with Crippen LogP contribution in [0.2, 0.25) is 0 Å². The Hall–Kier alpha value is -0.820. The van der Waals surface area contributed by atoms with Crippen LogP contribution in [-0.4, -0.2) is 6.04 Å². The zero-order valence-corrected chi connectivity index (χ0v) is 12.8. The van der Waals surface area contributed by atoms with Gasteiger partial charge in [0.05, 0.1) is 0 Å². The largest absolute Gasteiger partial charge is 0.307 e. The van der Waals surface area contributed by atoms with Crippen LogP contribution in [0.25, 0.3) is 0 Å². The molecule has 1 heteroatoms. The van der Waals surface area contributed by atoms with Crippen molar-refractivity contribution in [3.8, 4) is 0 Å². The molecule has 0 aliphatic heterocycles. The third-order valence-electron chi connectivity index (χ3n) is 6.21. The molecule has 0 amide bonds. The van der Waals surface area contributed by atoms with Gasteiger partial charge in [0.15, 0.2) is 0 Å². The summed E-state index contributed by atoms with van der Waals surface area (Å²) in [6.45, 7) is 4.54. The minimum absolute atomic E-state index is 0.498. The van der Waals surface area contributed by atoms with Gasteiger partial charge in [-0.25, -0.2) is 0 Å². The Kier molecular flexibility index (Phi) is 3.14. The first-order chi connectivity index (χ1) is 9.69. The predicted molar refractivity (Wildman–Crippen MR) is 83.6 cm³/mol. The highest BCUT2D eigenvalue weighted by Crippen LogP contribution is 2.54. The molecule has 0 unspecified atom stereocenters. The van der Waals surface area contributed by atoms with E-state index in [1.165, 1.54) is 36.8 Å². The summed E-state index contributed by atoms with van der Waals surface area (Å²) in [7, 11) is 0. The van der Waals surface area contributed by atoms with Crippen molar-refractivity contribution in [2.75, 3.05) is 0 Å². The van der Waals surface area contributed by atoms with Gasteiger partial charge in [0.25, 0.3) is 0 Å². The van der Waals surface area contributed by atoms with Crippen molar-refractivity contribution in [1.29, 1.82) is 0 Å². The zero-order chi connectivity index (χ0) is 13.7. The Morgan fingerprint density at radius 1 is 1.00 bits per heavy atom. The first-order valence-corrected chi connectivity index (χ1v) is 8.51. The van der Waals surface area contributed by atoms with Crippen LogP contribution in [0.1, 0.15) is 56.2 Å². The van der Waals surface area contributed by atoms with Gasteiger partial charge in [0.1, 0.15) is 0 Å². The Labute approximate surface area is 123 Å². The predicted octanol–water partition coefficient (Wildman–Crippen LogP) is 4.47. The molecule has 1 N–H and O–H groups in total. The fourth-order valence-corrected chi connectivity index (χ4v) is 5.52. The highest BCUT2D eigenvalue weighted by Gasteiger charge is 2.48. The summed E-state index contributed by atoms with van der Waals surface area (Å²) in [5.74, 6) is 4.09. The molecule has 0 radical (unpaired) electrons. The van der Waals surface area contributed by atoms with Gasteiger partial charge in [0, 0.05) is 12.1 Å². The van der Waals surface area contributed by atoms with Crippen LogP contribution in [-0.2, 0) is 0 Å². The molecule has 1 aromatic rings. The maximum absolute atomic E-state index is 4.01. The second kappa shape index (κ2) is 4.87. The summed E-state index contributed by atoms with van der Waals surface area (Å²) in [5, 5.41) is 4.01. The highest BCUT2D eigenvalue weighted by atomic mass is 15.0. The van der Waals surface area contributed by atoms with E-state index in [1.807, 2.05) is 0 Å². The maximum atomic E-state index is 4.01. The van der Waals surface area contributed by atoms with Crippen LogP contribution in [0.3, 0.4) is 0 Å². The fourth-order valence-electron chi connectivity index (χ4n) is 5.52. The molecule has 4 aliphatic carbocycles. The Bertz CT molecular complexity index is 464. The molecule has 1 aromatic carbocycles. The van der Waals surface area contributed by atoms with Crippen molar-refractivity contribution in [2.24, 2.45) is 23.7 Å². The van der Waals surface area contributed by atoms with Crippen LogP contribution in [0, 0.1) is 30.6 Å². The van der Waals surface area contributed by atoms with Crippen LogP contribution in [0.5, 0.6) is 0 Å². The second-order valence-electron chi connectivity index (χ2n) is 7.76. The van der Waals surface area contributed by atoms with Gasteiger partial charge in [-0.3, -0.25) is 0 Å². The normalized spacial score (nSPS) is 40.0. The van der Waals surface area contributed by atoms with Gasteiger partial charge in [-0.15, -0.1) is 0 Å². The van der Waals surface area contributed by atoms with E-state index in [1.54, 1.807) is 6.42 Å². The van der Waals surface area contributed by atoms with Gasteiger partial charge < -0.3 is 5.32 Å². The number of aryl methyl sites for hydroxylation is 1. The molecule has 4 saturated carbocycles. The molecule has 4 bridgehead atoms. The third-order valence-corrected chi connectivity index (χ3v) is 6.21. The van der Waals surface area contributed by atoms with E-state index >= 15 is 0 Å². The van der Waals surface area contributed by atoms with E-state index in [2.05, 4.69) is 43.4 Å². The van der Waals surface area contributed by atoms with Crippen molar-refractivity contribution in [3.63, 3.8) is 0 Å². The summed E-state index contributed by atoms with van der Waals surface area (Å²) >= 11 is 0. The molecule has 5 rings (SSSR count). The monoisotopic (exact) mass is 269 g/mol. The molecule has 0 heterocycles. The first kappa shape index (κ1) is 12.9. The summed E-state index contributed by atoms with van der Waals surface area (Å²) < 4.78 is 0. The standard InChI is InChI=1S/C19H27N/c1-12-4-3-5-16(6-12)13(2)20-19-17-8-14-7-15(10-17)11-18(19)9-14/h3-6,13-15,17-20H,7-11H2,1-2H3/t13-,14?,15?,17?,18?,19?/m1/s1. The Morgan fingerprint density at radius 2 is 1.65 bits per heavy atom.